The molecule has 2 fully saturated rings. The van der Waals surface area contributed by atoms with Crippen molar-refractivity contribution in [2.75, 3.05) is 13.1 Å². The van der Waals surface area contributed by atoms with Crippen LogP contribution in [0, 0.1) is 5.41 Å². The Morgan fingerprint density at radius 2 is 1.93 bits per heavy atom. The van der Waals surface area contributed by atoms with Crippen molar-refractivity contribution < 1.29 is 9.84 Å². The van der Waals surface area contributed by atoms with E-state index >= 15 is 0 Å². The molecule has 14 heavy (non-hydrogen) atoms. The molecule has 2 rings (SSSR count). The molecule has 3 nitrogen and oxygen atoms in total. The average molecular weight is 199 g/mol. The van der Waals surface area contributed by atoms with Crippen LogP contribution < -0.4 is 0 Å². The van der Waals surface area contributed by atoms with E-state index in [1.807, 2.05) is 20.8 Å². The highest BCUT2D eigenvalue weighted by molar-refractivity contribution is 5.00. The van der Waals surface area contributed by atoms with Crippen LogP contribution in [-0.4, -0.2) is 35.1 Å². The van der Waals surface area contributed by atoms with E-state index in [4.69, 9.17) is 4.74 Å². The second-order valence-corrected chi connectivity index (χ2v) is 5.78. The topological polar surface area (TPSA) is 32.7 Å². The van der Waals surface area contributed by atoms with Crippen molar-refractivity contribution >= 4 is 0 Å². The Morgan fingerprint density at radius 3 is 2.36 bits per heavy atom. The molecule has 0 aromatic carbocycles. The molecule has 1 spiro atoms. The van der Waals surface area contributed by atoms with Gasteiger partial charge in [-0.1, -0.05) is 0 Å². The molecule has 1 saturated carbocycles. The molecule has 0 aromatic heterocycles. The first-order valence-corrected chi connectivity index (χ1v) is 5.50. The Bertz CT molecular complexity index is 218. The van der Waals surface area contributed by atoms with Crippen molar-refractivity contribution in [2.45, 2.75) is 52.0 Å². The highest BCUT2D eigenvalue weighted by Crippen LogP contribution is 2.52. The molecular weight excluding hydrogens is 178 g/mol. The molecule has 82 valence electrons. The summed E-state index contributed by atoms with van der Waals surface area (Å²) in [4.78, 5) is 2.05. The first-order valence-electron chi connectivity index (χ1n) is 5.50. The van der Waals surface area contributed by atoms with Gasteiger partial charge in [0.15, 0.2) is 0 Å². The van der Waals surface area contributed by atoms with Crippen LogP contribution in [-0.2, 0) is 4.74 Å². The van der Waals surface area contributed by atoms with Crippen LogP contribution in [0.3, 0.4) is 0 Å². The number of ether oxygens (including phenoxy) is 1. The number of aliphatic hydroxyl groups excluding tert-OH is 1. The van der Waals surface area contributed by atoms with E-state index in [9.17, 15) is 5.11 Å². The molecule has 1 N–H and O–H groups in total. The molecule has 2 aliphatic rings. The lowest BCUT2D eigenvalue weighted by Crippen LogP contribution is -2.40. The third-order valence-corrected chi connectivity index (χ3v) is 3.20. The zero-order valence-corrected chi connectivity index (χ0v) is 9.42. The maximum atomic E-state index is 9.85. The third-order valence-electron chi connectivity index (χ3n) is 3.20. The molecule has 1 aliphatic heterocycles. The van der Waals surface area contributed by atoms with Gasteiger partial charge in [0.05, 0.1) is 5.60 Å². The maximum Gasteiger partial charge on any atom is 0.216 e. The molecule has 1 atom stereocenters. The smallest absolute Gasteiger partial charge is 0.216 e. The molecule has 0 amide bonds. The zero-order valence-electron chi connectivity index (χ0n) is 9.42. The Hall–Kier alpha value is -0.120. The summed E-state index contributed by atoms with van der Waals surface area (Å²) in [5, 5.41) is 9.85. The van der Waals surface area contributed by atoms with Gasteiger partial charge in [-0.05, 0) is 45.4 Å². The second kappa shape index (κ2) is 3.19. The first kappa shape index (κ1) is 10.4. The quantitative estimate of drug-likeness (QED) is 0.685. The fourth-order valence-corrected chi connectivity index (χ4v) is 2.13. The lowest BCUT2D eigenvalue weighted by Gasteiger charge is -2.29. The van der Waals surface area contributed by atoms with E-state index in [2.05, 4.69) is 4.90 Å². The summed E-state index contributed by atoms with van der Waals surface area (Å²) in [6.07, 6.45) is 3.20. The SMILES string of the molecule is CC(C)(C)OC(O)N1CCC2(CC2)C1. The van der Waals surface area contributed by atoms with Gasteiger partial charge in [-0.25, -0.2) is 0 Å². The standard InChI is InChI=1S/C11H21NO2/c1-10(2,3)14-9(13)12-7-6-11(8-12)4-5-11/h9,13H,4-8H2,1-3H3. The molecule has 0 bridgehead atoms. The van der Waals surface area contributed by atoms with E-state index in [0.717, 1.165) is 13.1 Å². The fourth-order valence-electron chi connectivity index (χ4n) is 2.13. The van der Waals surface area contributed by atoms with Gasteiger partial charge in [0.1, 0.15) is 0 Å². The molecule has 0 aromatic rings. The van der Waals surface area contributed by atoms with Crippen LogP contribution in [0.15, 0.2) is 0 Å². The van der Waals surface area contributed by atoms with Crippen LogP contribution >= 0.6 is 0 Å². The Balaban J connectivity index is 1.84. The molecule has 1 unspecified atom stereocenters. The van der Waals surface area contributed by atoms with Crippen LogP contribution in [0.4, 0.5) is 0 Å². The molecule has 1 aliphatic carbocycles. The predicted octanol–water partition coefficient (Wildman–Crippen LogP) is 1.56. The van der Waals surface area contributed by atoms with Crippen molar-refractivity contribution in [2.24, 2.45) is 5.41 Å². The van der Waals surface area contributed by atoms with Gasteiger partial charge < -0.3 is 9.84 Å². The summed E-state index contributed by atoms with van der Waals surface area (Å²) >= 11 is 0. The average Bonchev–Trinajstić information content (AvgIpc) is 2.57. The maximum absolute atomic E-state index is 9.85. The molecular formula is C11H21NO2. The number of aliphatic hydroxyl groups is 1. The summed E-state index contributed by atoms with van der Waals surface area (Å²) in [6, 6.07) is 0. The van der Waals surface area contributed by atoms with E-state index in [-0.39, 0.29) is 5.60 Å². The lowest BCUT2D eigenvalue weighted by molar-refractivity contribution is -0.234. The van der Waals surface area contributed by atoms with Gasteiger partial charge in [-0.3, -0.25) is 4.90 Å². The monoisotopic (exact) mass is 199 g/mol. The highest BCUT2D eigenvalue weighted by atomic mass is 16.6. The van der Waals surface area contributed by atoms with Crippen molar-refractivity contribution in [1.82, 2.24) is 4.90 Å². The van der Waals surface area contributed by atoms with Gasteiger partial charge in [-0.15, -0.1) is 0 Å². The van der Waals surface area contributed by atoms with Gasteiger partial charge in [0, 0.05) is 13.1 Å². The van der Waals surface area contributed by atoms with Gasteiger partial charge in [0.2, 0.25) is 6.41 Å². The number of hydrogen-bond acceptors (Lipinski definition) is 3. The van der Waals surface area contributed by atoms with E-state index in [1.54, 1.807) is 0 Å². The summed E-state index contributed by atoms with van der Waals surface area (Å²) in [6.45, 7) is 7.92. The third kappa shape index (κ3) is 2.27. The van der Waals surface area contributed by atoms with Gasteiger partial charge in [-0.2, -0.15) is 0 Å². The van der Waals surface area contributed by atoms with Crippen LogP contribution in [0.2, 0.25) is 0 Å². The van der Waals surface area contributed by atoms with Gasteiger partial charge >= 0.3 is 0 Å². The zero-order chi connectivity index (χ0) is 10.4. The highest BCUT2D eigenvalue weighted by Gasteiger charge is 2.49. The molecule has 0 radical (unpaired) electrons. The first-order chi connectivity index (χ1) is 6.40. The second-order valence-electron chi connectivity index (χ2n) is 5.78. The van der Waals surface area contributed by atoms with Crippen molar-refractivity contribution in [1.29, 1.82) is 0 Å². The number of hydrogen-bond donors (Lipinski definition) is 1. The summed E-state index contributed by atoms with van der Waals surface area (Å²) < 4.78 is 5.52. The summed E-state index contributed by atoms with van der Waals surface area (Å²) in [7, 11) is 0. The van der Waals surface area contributed by atoms with Crippen molar-refractivity contribution in [3.63, 3.8) is 0 Å². The lowest BCUT2D eigenvalue weighted by atomic mass is 10.1. The number of likely N-dealkylation sites (tertiary alicyclic amines) is 1. The van der Waals surface area contributed by atoms with E-state index in [0.29, 0.717) is 5.41 Å². The molecule has 1 heterocycles. The summed E-state index contributed by atoms with van der Waals surface area (Å²) in [5.74, 6) is 0. The predicted molar refractivity (Wildman–Crippen MR) is 54.7 cm³/mol. The van der Waals surface area contributed by atoms with E-state index in [1.165, 1.54) is 19.3 Å². The Labute approximate surface area is 86.0 Å². The number of rotatable bonds is 2. The van der Waals surface area contributed by atoms with Crippen LogP contribution in [0.25, 0.3) is 0 Å². The Kier molecular flexibility index (Phi) is 2.37. The Morgan fingerprint density at radius 1 is 1.29 bits per heavy atom. The van der Waals surface area contributed by atoms with Crippen LogP contribution in [0.1, 0.15) is 40.0 Å². The minimum absolute atomic E-state index is 0.265. The van der Waals surface area contributed by atoms with Crippen LogP contribution in [0.5, 0.6) is 0 Å². The van der Waals surface area contributed by atoms with Gasteiger partial charge in [0.25, 0.3) is 0 Å². The van der Waals surface area contributed by atoms with Crippen molar-refractivity contribution in [3.8, 4) is 0 Å². The summed E-state index contributed by atoms with van der Waals surface area (Å²) in [5.41, 5.74) is 0.293. The molecule has 3 heteroatoms. The largest absolute Gasteiger partial charge is 0.356 e. The van der Waals surface area contributed by atoms with E-state index < -0.39 is 6.41 Å². The fraction of sp³-hybridized carbons (Fsp3) is 1.00. The normalized spacial score (nSPS) is 28.3. The minimum atomic E-state index is -0.713. The number of nitrogens with zero attached hydrogens (tertiary/aromatic N) is 1. The molecule has 1 saturated heterocycles. The minimum Gasteiger partial charge on any atom is -0.356 e. The van der Waals surface area contributed by atoms with Crippen molar-refractivity contribution in [3.05, 3.63) is 0 Å².